The van der Waals surface area contributed by atoms with E-state index in [1.54, 1.807) is 0 Å². The lowest BCUT2D eigenvalue weighted by molar-refractivity contribution is 0.653. The van der Waals surface area contributed by atoms with Crippen LogP contribution < -0.4 is 5.32 Å². The molecule has 2 heterocycles. The van der Waals surface area contributed by atoms with Gasteiger partial charge in [0.15, 0.2) is 0 Å². The molecular formula is C12H16N4. The third-order valence-corrected chi connectivity index (χ3v) is 2.52. The molecule has 4 heteroatoms. The monoisotopic (exact) mass is 216 g/mol. The Balaban J connectivity index is 1.84. The average molecular weight is 216 g/mol. The number of aryl methyl sites for hydroxylation is 2. The van der Waals surface area contributed by atoms with Gasteiger partial charge in [-0.15, -0.1) is 0 Å². The van der Waals surface area contributed by atoms with Gasteiger partial charge in [-0.05, 0) is 18.6 Å². The number of nitrogens with one attached hydrogen (secondary N) is 1. The lowest BCUT2D eigenvalue weighted by atomic mass is 10.2. The Morgan fingerprint density at radius 3 is 2.75 bits per heavy atom. The van der Waals surface area contributed by atoms with Crippen molar-refractivity contribution < 1.29 is 0 Å². The van der Waals surface area contributed by atoms with Gasteiger partial charge in [-0.1, -0.05) is 6.07 Å². The molecule has 2 rings (SSSR count). The zero-order valence-electron chi connectivity index (χ0n) is 9.64. The molecule has 4 nitrogen and oxygen atoms in total. The highest BCUT2D eigenvalue weighted by atomic mass is 15.0. The second kappa shape index (κ2) is 4.90. The molecule has 1 N–H and O–H groups in total. The molecule has 16 heavy (non-hydrogen) atoms. The van der Waals surface area contributed by atoms with Crippen LogP contribution in [-0.2, 0) is 20.1 Å². The second-order valence-electron chi connectivity index (χ2n) is 3.91. The first-order valence-corrected chi connectivity index (χ1v) is 5.33. The molecule has 0 aliphatic heterocycles. The van der Waals surface area contributed by atoms with Gasteiger partial charge < -0.3 is 9.88 Å². The van der Waals surface area contributed by atoms with Crippen LogP contribution in [0.3, 0.4) is 0 Å². The molecule has 0 aliphatic carbocycles. The number of aromatic nitrogens is 3. The quantitative estimate of drug-likeness (QED) is 0.840. The molecule has 0 radical (unpaired) electrons. The molecule has 0 spiro atoms. The Bertz CT molecular complexity index is 444. The first-order valence-electron chi connectivity index (χ1n) is 5.33. The fourth-order valence-electron chi connectivity index (χ4n) is 1.49. The van der Waals surface area contributed by atoms with E-state index >= 15 is 0 Å². The van der Waals surface area contributed by atoms with Crippen molar-refractivity contribution in [3.8, 4) is 0 Å². The number of pyridine rings is 1. The van der Waals surface area contributed by atoms with Crippen molar-refractivity contribution in [2.45, 2.75) is 20.0 Å². The number of nitrogens with zero attached hydrogens (tertiary/aromatic N) is 3. The average Bonchev–Trinajstić information content (AvgIpc) is 2.68. The molecule has 0 aromatic carbocycles. The fraction of sp³-hybridized carbons (Fsp3) is 0.333. The van der Waals surface area contributed by atoms with E-state index < -0.39 is 0 Å². The summed E-state index contributed by atoms with van der Waals surface area (Å²) >= 11 is 0. The molecular weight excluding hydrogens is 200 g/mol. The Morgan fingerprint density at radius 1 is 1.25 bits per heavy atom. The topological polar surface area (TPSA) is 42.7 Å². The minimum absolute atomic E-state index is 0.824. The van der Waals surface area contributed by atoms with Crippen molar-refractivity contribution in [2.24, 2.45) is 7.05 Å². The highest BCUT2D eigenvalue weighted by Crippen LogP contribution is 2.00. The largest absolute Gasteiger partial charge is 0.337 e. The summed E-state index contributed by atoms with van der Waals surface area (Å²) in [5.41, 5.74) is 3.43. The second-order valence-corrected chi connectivity index (χ2v) is 3.91. The van der Waals surface area contributed by atoms with Crippen molar-refractivity contribution in [1.29, 1.82) is 0 Å². The van der Waals surface area contributed by atoms with Crippen molar-refractivity contribution in [3.63, 3.8) is 0 Å². The molecule has 0 amide bonds. The van der Waals surface area contributed by atoms with Crippen molar-refractivity contribution in [2.75, 3.05) is 0 Å². The molecule has 0 bridgehead atoms. The van der Waals surface area contributed by atoms with Crippen LogP contribution in [-0.4, -0.2) is 14.5 Å². The normalized spacial score (nSPS) is 10.6. The van der Waals surface area contributed by atoms with E-state index in [0.29, 0.717) is 0 Å². The summed E-state index contributed by atoms with van der Waals surface area (Å²) in [5.74, 6) is 0. The molecule has 0 saturated carbocycles. The van der Waals surface area contributed by atoms with Gasteiger partial charge in [0.1, 0.15) is 0 Å². The summed E-state index contributed by atoms with van der Waals surface area (Å²) in [7, 11) is 2.00. The van der Waals surface area contributed by atoms with Crippen LogP contribution in [0.2, 0.25) is 0 Å². The molecule has 0 atom stereocenters. The zero-order valence-corrected chi connectivity index (χ0v) is 9.64. The SMILES string of the molecule is Cc1ccc(CNCc2cncn2C)cn1. The van der Waals surface area contributed by atoms with Gasteiger partial charge in [0.05, 0.1) is 12.0 Å². The van der Waals surface area contributed by atoms with Crippen LogP contribution in [0.25, 0.3) is 0 Å². The molecule has 0 saturated heterocycles. The van der Waals surface area contributed by atoms with Crippen LogP contribution in [0.5, 0.6) is 0 Å². The smallest absolute Gasteiger partial charge is 0.0945 e. The summed E-state index contributed by atoms with van der Waals surface area (Å²) in [6.45, 7) is 3.65. The molecule has 2 aromatic heterocycles. The maximum absolute atomic E-state index is 4.25. The molecule has 84 valence electrons. The van der Waals surface area contributed by atoms with Crippen LogP contribution in [0, 0.1) is 6.92 Å². The maximum Gasteiger partial charge on any atom is 0.0945 e. The predicted octanol–water partition coefficient (Wildman–Crippen LogP) is 1.41. The van der Waals surface area contributed by atoms with E-state index in [-0.39, 0.29) is 0 Å². The first-order chi connectivity index (χ1) is 7.75. The Hall–Kier alpha value is -1.68. The highest BCUT2D eigenvalue weighted by Gasteiger charge is 1.98. The molecule has 0 unspecified atom stereocenters. The lowest BCUT2D eigenvalue weighted by Gasteiger charge is -2.05. The van der Waals surface area contributed by atoms with Gasteiger partial charge in [-0.3, -0.25) is 4.98 Å². The van der Waals surface area contributed by atoms with E-state index in [4.69, 9.17) is 0 Å². The number of rotatable bonds is 4. The third kappa shape index (κ3) is 2.67. The highest BCUT2D eigenvalue weighted by molar-refractivity contribution is 5.13. The Morgan fingerprint density at radius 2 is 2.12 bits per heavy atom. The minimum Gasteiger partial charge on any atom is -0.337 e. The van der Waals surface area contributed by atoms with E-state index in [0.717, 1.165) is 18.8 Å². The van der Waals surface area contributed by atoms with Gasteiger partial charge in [0.2, 0.25) is 0 Å². The van der Waals surface area contributed by atoms with Gasteiger partial charge in [-0.25, -0.2) is 4.98 Å². The summed E-state index contributed by atoms with van der Waals surface area (Å²) in [6.07, 6.45) is 5.59. The first kappa shape index (κ1) is 10.8. The molecule has 0 aliphatic rings. The lowest BCUT2D eigenvalue weighted by Crippen LogP contribution is -2.14. The zero-order chi connectivity index (χ0) is 11.4. The van der Waals surface area contributed by atoms with Crippen molar-refractivity contribution >= 4 is 0 Å². The van der Waals surface area contributed by atoms with Crippen molar-refractivity contribution in [3.05, 3.63) is 47.8 Å². The van der Waals surface area contributed by atoms with Gasteiger partial charge >= 0.3 is 0 Å². The van der Waals surface area contributed by atoms with Crippen LogP contribution >= 0.6 is 0 Å². The van der Waals surface area contributed by atoms with E-state index in [1.165, 1.54) is 11.3 Å². The van der Waals surface area contributed by atoms with Crippen LogP contribution in [0.15, 0.2) is 30.9 Å². The summed E-state index contributed by atoms with van der Waals surface area (Å²) < 4.78 is 2.01. The standard InChI is InChI=1S/C12H16N4/c1-10-3-4-11(6-15-10)5-13-7-12-8-14-9-16(12)2/h3-4,6,8-9,13H,5,7H2,1-2H3. The third-order valence-electron chi connectivity index (χ3n) is 2.52. The van der Waals surface area contributed by atoms with Gasteiger partial charge in [0.25, 0.3) is 0 Å². The molecule has 2 aromatic rings. The van der Waals surface area contributed by atoms with Crippen LogP contribution in [0.4, 0.5) is 0 Å². The Labute approximate surface area is 95.4 Å². The number of imidazole rings is 1. The maximum atomic E-state index is 4.25. The van der Waals surface area contributed by atoms with Gasteiger partial charge in [0, 0.05) is 38.2 Å². The summed E-state index contributed by atoms with van der Waals surface area (Å²) in [6, 6.07) is 4.12. The Kier molecular flexibility index (Phi) is 3.31. The van der Waals surface area contributed by atoms with Crippen LogP contribution in [0.1, 0.15) is 17.0 Å². The molecule has 0 fully saturated rings. The minimum atomic E-state index is 0.824. The van der Waals surface area contributed by atoms with E-state index in [9.17, 15) is 0 Å². The predicted molar refractivity (Wildman–Crippen MR) is 62.7 cm³/mol. The van der Waals surface area contributed by atoms with Crippen molar-refractivity contribution in [1.82, 2.24) is 19.9 Å². The summed E-state index contributed by atoms with van der Waals surface area (Å²) in [4.78, 5) is 8.32. The van der Waals surface area contributed by atoms with E-state index in [2.05, 4.69) is 21.4 Å². The number of hydrogen-bond acceptors (Lipinski definition) is 3. The van der Waals surface area contributed by atoms with E-state index in [1.807, 2.05) is 43.3 Å². The number of hydrogen-bond donors (Lipinski definition) is 1. The summed E-state index contributed by atoms with van der Waals surface area (Å²) in [5, 5.41) is 3.36. The fourth-order valence-corrected chi connectivity index (χ4v) is 1.49. The van der Waals surface area contributed by atoms with Gasteiger partial charge in [-0.2, -0.15) is 0 Å².